The molecule has 0 aromatic rings. The van der Waals surface area contributed by atoms with E-state index in [9.17, 15) is 5.11 Å². The summed E-state index contributed by atoms with van der Waals surface area (Å²) in [4.78, 5) is 2.56. The maximum absolute atomic E-state index is 9.24. The molecular weight excluding hydrogens is 212 g/mol. The van der Waals surface area contributed by atoms with Crippen molar-refractivity contribution in [3.63, 3.8) is 0 Å². The van der Waals surface area contributed by atoms with Gasteiger partial charge < -0.3 is 10.4 Å². The first-order valence-electron chi connectivity index (χ1n) is 7.37. The SMILES string of the molecule is CNC1CCCC1CN(CCO)C1CCCC1. The number of rotatable bonds is 6. The Morgan fingerprint density at radius 1 is 1.12 bits per heavy atom. The van der Waals surface area contributed by atoms with Crippen LogP contribution in [0.25, 0.3) is 0 Å². The minimum atomic E-state index is 0.313. The van der Waals surface area contributed by atoms with Crippen LogP contribution in [0.5, 0.6) is 0 Å². The van der Waals surface area contributed by atoms with Crippen LogP contribution in [0, 0.1) is 5.92 Å². The lowest BCUT2D eigenvalue weighted by molar-refractivity contribution is 0.126. The Morgan fingerprint density at radius 3 is 2.53 bits per heavy atom. The Hall–Kier alpha value is -0.120. The first kappa shape index (κ1) is 13.3. The first-order valence-corrected chi connectivity index (χ1v) is 7.37. The second-order valence-electron chi connectivity index (χ2n) is 5.74. The Balaban J connectivity index is 1.87. The molecule has 3 nitrogen and oxygen atoms in total. The van der Waals surface area contributed by atoms with Gasteiger partial charge in [0.05, 0.1) is 6.61 Å². The molecule has 2 unspecified atom stereocenters. The molecule has 2 saturated carbocycles. The highest BCUT2D eigenvalue weighted by Crippen LogP contribution is 2.29. The Labute approximate surface area is 106 Å². The fraction of sp³-hybridized carbons (Fsp3) is 1.00. The van der Waals surface area contributed by atoms with Gasteiger partial charge in [0.2, 0.25) is 0 Å². The van der Waals surface area contributed by atoms with Crippen LogP contribution in [-0.2, 0) is 0 Å². The third-order valence-corrected chi connectivity index (χ3v) is 4.73. The molecule has 2 rings (SSSR count). The molecule has 0 radical (unpaired) electrons. The van der Waals surface area contributed by atoms with E-state index in [1.807, 2.05) is 0 Å². The number of aliphatic hydroxyl groups excluding tert-OH is 1. The average molecular weight is 240 g/mol. The summed E-state index contributed by atoms with van der Waals surface area (Å²) in [7, 11) is 2.09. The van der Waals surface area contributed by atoms with Gasteiger partial charge in [-0.2, -0.15) is 0 Å². The van der Waals surface area contributed by atoms with Crippen molar-refractivity contribution in [2.75, 3.05) is 26.7 Å². The zero-order valence-electron chi connectivity index (χ0n) is 11.2. The molecular formula is C14H28N2O. The van der Waals surface area contributed by atoms with Crippen molar-refractivity contribution in [2.24, 2.45) is 5.92 Å². The van der Waals surface area contributed by atoms with E-state index < -0.39 is 0 Å². The first-order chi connectivity index (χ1) is 8.35. The number of nitrogens with one attached hydrogen (secondary N) is 1. The maximum atomic E-state index is 9.24. The summed E-state index contributed by atoms with van der Waals surface area (Å²) >= 11 is 0. The molecule has 2 atom stereocenters. The molecule has 100 valence electrons. The second kappa shape index (κ2) is 6.72. The third kappa shape index (κ3) is 3.43. The fourth-order valence-electron chi connectivity index (χ4n) is 3.76. The molecule has 0 aliphatic heterocycles. The molecule has 0 aromatic heterocycles. The Morgan fingerprint density at radius 2 is 1.88 bits per heavy atom. The normalized spacial score (nSPS) is 30.5. The van der Waals surface area contributed by atoms with E-state index in [4.69, 9.17) is 0 Å². The lowest BCUT2D eigenvalue weighted by Crippen LogP contribution is -2.43. The maximum Gasteiger partial charge on any atom is 0.0558 e. The molecule has 2 N–H and O–H groups in total. The number of aliphatic hydroxyl groups is 1. The van der Waals surface area contributed by atoms with E-state index >= 15 is 0 Å². The van der Waals surface area contributed by atoms with Crippen LogP contribution in [0.1, 0.15) is 44.9 Å². The van der Waals surface area contributed by atoms with Crippen molar-refractivity contribution in [3.8, 4) is 0 Å². The van der Waals surface area contributed by atoms with Crippen molar-refractivity contribution in [1.29, 1.82) is 0 Å². The van der Waals surface area contributed by atoms with Gasteiger partial charge in [0, 0.05) is 25.2 Å². The van der Waals surface area contributed by atoms with Crippen LogP contribution < -0.4 is 5.32 Å². The molecule has 2 aliphatic carbocycles. The predicted molar refractivity (Wildman–Crippen MR) is 71.1 cm³/mol. The zero-order valence-corrected chi connectivity index (χ0v) is 11.2. The highest BCUT2D eigenvalue weighted by atomic mass is 16.3. The van der Waals surface area contributed by atoms with Gasteiger partial charge in [-0.25, -0.2) is 0 Å². The van der Waals surface area contributed by atoms with E-state index in [0.29, 0.717) is 12.6 Å². The van der Waals surface area contributed by atoms with E-state index in [0.717, 1.165) is 18.5 Å². The van der Waals surface area contributed by atoms with Gasteiger partial charge in [0.25, 0.3) is 0 Å². The Kier molecular flexibility index (Phi) is 5.26. The lowest BCUT2D eigenvalue weighted by atomic mass is 10.0. The van der Waals surface area contributed by atoms with Crippen LogP contribution in [0.3, 0.4) is 0 Å². The van der Waals surface area contributed by atoms with Gasteiger partial charge >= 0.3 is 0 Å². The molecule has 0 aromatic carbocycles. The van der Waals surface area contributed by atoms with Gasteiger partial charge in [0.15, 0.2) is 0 Å². The van der Waals surface area contributed by atoms with Crippen LogP contribution in [0.4, 0.5) is 0 Å². The second-order valence-corrected chi connectivity index (χ2v) is 5.74. The molecule has 17 heavy (non-hydrogen) atoms. The van der Waals surface area contributed by atoms with Crippen molar-refractivity contribution in [1.82, 2.24) is 10.2 Å². The lowest BCUT2D eigenvalue weighted by Gasteiger charge is -2.32. The molecule has 2 aliphatic rings. The van der Waals surface area contributed by atoms with Crippen LogP contribution in [0.2, 0.25) is 0 Å². The smallest absolute Gasteiger partial charge is 0.0558 e. The third-order valence-electron chi connectivity index (χ3n) is 4.73. The summed E-state index contributed by atoms with van der Waals surface area (Å²) in [5.74, 6) is 0.798. The summed E-state index contributed by atoms with van der Waals surface area (Å²) in [5, 5.41) is 12.7. The average Bonchev–Trinajstić information content (AvgIpc) is 2.99. The largest absolute Gasteiger partial charge is 0.395 e. The van der Waals surface area contributed by atoms with Gasteiger partial charge in [-0.1, -0.05) is 19.3 Å². The van der Waals surface area contributed by atoms with E-state index in [1.165, 1.54) is 51.5 Å². The Bertz CT molecular complexity index is 216. The fourth-order valence-corrected chi connectivity index (χ4v) is 3.76. The molecule has 2 fully saturated rings. The monoisotopic (exact) mass is 240 g/mol. The number of nitrogens with zero attached hydrogens (tertiary/aromatic N) is 1. The summed E-state index contributed by atoms with van der Waals surface area (Å²) in [6, 6.07) is 1.46. The topological polar surface area (TPSA) is 35.5 Å². The van der Waals surface area contributed by atoms with Crippen molar-refractivity contribution >= 4 is 0 Å². The van der Waals surface area contributed by atoms with Crippen molar-refractivity contribution < 1.29 is 5.11 Å². The highest BCUT2D eigenvalue weighted by Gasteiger charge is 2.30. The molecule has 0 amide bonds. The standard InChI is InChI=1S/C14H28N2O/c1-15-14-8-4-5-12(14)11-16(9-10-17)13-6-2-3-7-13/h12-15,17H,2-11H2,1H3. The van der Waals surface area contributed by atoms with E-state index in [2.05, 4.69) is 17.3 Å². The van der Waals surface area contributed by atoms with Gasteiger partial charge in [-0.3, -0.25) is 4.90 Å². The van der Waals surface area contributed by atoms with E-state index in [1.54, 1.807) is 0 Å². The summed E-state index contributed by atoms with van der Waals surface area (Å²) in [5.41, 5.74) is 0. The van der Waals surface area contributed by atoms with Gasteiger partial charge in [0.1, 0.15) is 0 Å². The number of hydrogen-bond acceptors (Lipinski definition) is 3. The summed E-state index contributed by atoms with van der Waals surface area (Å²) in [6.07, 6.45) is 9.51. The minimum Gasteiger partial charge on any atom is -0.395 e. The molecule has 0 bridgehead atoms. The molecule has 0 saturated heterocycles. The van der Waals surface area contributed by atoms with Crippen molar-refractivity contribution in [3.05, 3.63) is 0 Å². The number of hydrogen-bond donors (Lipinski definition) is 2. The summed E-state index contributed by atoms with van der Waals surface area (Å²) < 4.78 is 0. The predicted octanol–water partition coefficient (Wildman–Crippen LogP) is 1.61. The zero-order chi connectivity index (χ0) is 12.1. The van der Waals surface area contributed by atoms with Gasteiger partial charge in [-0.05, 0) is 38.6 Å². The minimum absolute atomic E-state index is 0.313. The molecule has 0 spiro atoms. The van der Waals surface area contributed by atoms with Crippen molar-refractivity contribution in [2.45, 2.75) is 57.0 Å². The quantitative estimate of drug-likeness (QED) is 0.740. The van der Waals surface area contributed by atoms with Crippen LogP contribution in [0.15, 0.2) is 0 Å². The highest BCUT2D eigenvalue weighted by molar-refractivity contribution is 4.87. The molecule has 0 heterocycles. The molecule has 3 heteroatoms. The van der Waals surface area contributed by atoms with Crippen LogP contribution in [-0.4, -0.2) is 48.8 Å². The van der Waals surface area contributed by atoms with Gasteiger partial charge in [-0.15, -0.1) is 0 Å². The van der Waals surface area contributed by atoms with Crippen LogP contribution >= 0.6 is 0 Å². The van der Waals surface area contributed by atoms with E-state index in [-0.39, 0.29) is 0 Å². The summed E-state index contributed by atoms with van der Waals surface area (Å²) in [6.45, 7) is 2.38.